The molecule has 1 aromatic heterocycles. The summed E-state index contributed by atoms with van der Waals surface area (Å²) in [6.45, 7) is 7.10. The molecule has 1 aliphatic heterocycles. The van der Waals surface area contributed by atoms with Crippen LogP contribution in [0, 0.1) is 6.92 Å². The number of nitrogens with one attached hydrogen (secondary N) is 2. The van der Waals surface area contributed by atoms with E-state index in [1.54, 1.807) is 31.2 Å². The van der Waals surface area contributed by atoms with Gasteiger partial charge in [0.25, 0.3) is 5.91 Å². The fourth-order valence-corrected chi connectivity index (χ4v) is 3.51. The normalized spacial score (nSPS) is 15.8. The first-order chi connectivity index (χ1) is 13.9. The SMILES string of the molecule is CCOc1ccc(C(C)=O)cc1NC(=O)c1c(C)cc(C2CCCNC2)oc1=O.Cl. The molecule has 1 unspecified atom stereocenters. The molecule has 0 saturated carbocycles. The van der Waals surface area contributed by atoms with Crippen molar-refractivity contribution in [3.05, 3.63) is 57.1 Å². The highest BCUT2D eigenvalue weighted by atomic mass is 35.5. The minimum Gasteiger partial charge on any atom is -0.492 e. The Morgan fingerprint density at radius 2 is 2.07 bits per heavy atom. The third-order valence-corrected chi connectivity index (χ3v) is 5.03. The summed E-state index contributed by atoms with van der Waals surface area (Å²) < 4.78 is 11.0. The quantitative estimate of drug-likeness (QED) is 0.673. The Kier molecular flexibility index (Phi) is 8.20. The van der Waals surface area contributed by atoms with Crippen molar-refractivity contribution in [1.29, 1.82) is 0 Å². The van der Waals surface area contributed by atoms with Gasteiger partial charge >= 0.3 is 5.63 Å². The number of halogens is 1. The summed E-state index contributed by atoms with van der Waals surface area (Å²) in [6.07, 6.45) is 1.96. The molecular formula is C22H27ClN2O5. The van der Waals surface area contributed by atoms with Gasteiger partial charge in [0, 0.05) is 18.0 Å². The number of hydrogen-bond donors (Lipinski definition) is 2. The summed E-state index contributed by atoms with van der Waals surface area (Å²) in [6, 6.07) is 6.58. The second kappa shape index (κ2) is 10.4. The van der Waals surface area contributed by atoms with Crippen molar-refractivity contribution in [3.8, 4) is 5.75 Å². The van der Waals surface area contributed by atoms with Gasteiger partial charge in [0.15, 0.2) is 5.78 Å². The first kappa shape index (κ1) is 23.6. The number of ketones is 1. The van der Waals surface area contributed by atoms with Crippen LogP contribution in [-0.4, -0.2) is 31.4 Å². The molecule has 1 aliphatic rings. The van der Waals surface area contributed by atoms with E-state index in [1.165, 1.54) is 6.92 Å². The Balaban J connectivity index is 0.00000320. The summed E-state index contributed by atoms with van der Waals surface area (Å²) in [5.41, 5.74) is 0.619. The Morgan fingerprint density at radius 3 is 2.67 bits per heavy atom. The van der Waals surface area contributed by atoms with Gasteiger partial charge in [-0.1, -0.05) is 0 Å². The van der Waals surface area contributed by atoms with Crippen LogP contribution < -0.4 is 21.0 Å². The van der Waals surface area contributed by atoms with Gasteiger partial charge < -0.3 is 19.8 Å². The molecule has 1 atom stereocenters. The molecule has 7 nitrogen and oxygen atoms in total. The van der Waals surface area contributed by atoms with Crippen molar-refractivity contribution in [2.45, 2.75) is 39.5 Å². The maximum Gasteiger partial charge on any atom is 0.349 e. The topological polar surface area (TPSA) is 97.6 Å². The van der Waals surface area contributed by atoms with Crippen molar-refractivity contribution < 1.29 is 18.7 Å². The summed E-state index contributed by atoms with van der Waals surface area (Å²) in [7, 11) is 0. The number of amides is 1. The lowest BCUT2D eigenvalue weighted by Crippen LogP contribution is -2.30. The Labute approximate surface area is 181 Å². The maximum absolute atomic E-state index is 12.9. The fourth-order valence-electron chi connectivity index (χ4n) is 3.51. The predicted octanol–water partition coefficient (Wildman–Crippen LogP) is 3.69. The van der Waals surface area contributed by atoms with Crippen LogP contribution in [0.4, 0.5) is 5.69 Å². The average Bonchev–Trinajstić information content (AvgIpc) is 2.69. The highest BCUT2D eigenvalue weighted by molar-refractivity contribution is 6.06. The highest BCUT2D eigenvalue weighted by Crippen LogP contribution is 2.28. The number of carbonyl (C=O) groups is 2. The van der Waals surface area contributed by atoms with Gasteiger partial charge in [0.1, 0.15) is 17.1 Å². The van der Waals surface area contributed by atoms with Gasteiger partial charge in [0.2, 0.25) is 0 Å². The molecule has 3 rings (SSSR count). The number of rotatable bonds is 6. The second-order valence-electron chi connectivity index (χ2n) is 7.19. The lowest BCUT2D eigenvalue weighted by molar-refractivity contribution is 0.100. The predicted molar refractivity (Wildman–Crippen MR) is 117 cm³/mol. The smallest absolute Gasteiger partial charge is 0.349 e. The van der Waals surface area contributed by atoms with Crippen LogP contribution in [0.3, 0.4) is 0 Å². The fraction of sp³-hybridized carbons (Fsp3) is 0.409. The number of benzene rings is 1. The number of carbonyl (C=O) groups excluding carboxylic acids is 2. The monoisotopic (exact) mass is 434 g/mol. The standard InChI is InChI=1S/C22H26N2O5.ClH/c1-4-28-18-8-7-15(14(3)25)11-17(18)24-21(26)20-13(2)10-19(29-22(20)27)16-6-5-9-23-12-16;/h7-8,10-11,16,23H,4-6,9,12H2,1-3H3,(H,24,26);1H. The lowest BCUT2D eigenvalue weighted by atomic mass is 9.95. The van der Waals surface area contributed by atoms with E-state index in [0.717, 1.165) is 25.9 Å². The zero-order chi connectivity index (χ0) is 21.0. The molecule has 1 amide bonds. The molecule has 1 aromatic carbocycles. The van der Waals surface area contributed by atoms with Crippen LogP contribution in [-0.2, 0) is 0 Å². The minimum absolute atomic E-state index is 0. The first-order valence-electron chi connectivity index (χ1n) is 9.85. The van der Waals surface area contributed by atoms with E-state index in [1.807, 2.05) is 6.92 Å². The number of aryl methyl sites for hydroxylation is 1. The van der Waals surface area contributed by atoms with E-state index < -0.39 is 11.5 Å². The van der Waals surface area contributed by atoms with Gasteiger partial charge in [0.05, 0.1) is 12.3 Å². The maximum atomic E-state index is 12.9. The van der Waals surface area contributed by atoms with Crippen molar-refractivity contribution in [3.63, 3.8) is 0 Å². The molecule has 0 spiro atoms. The van der Waals surface area contributed by atoms with E-state index in [4.69, 9.17) is 9.15 Å². The molecule has 2 heterocycles. The summed E-state index contributed by atoms with van der Waals surface area (Å²) >= 11 is 0. The average molecular weight is 435 g/mol. The van der Waals surface area contributed by atoms with Gasteiger partial charge in [-0.05, 0) is 70.0 Å². The van der Waals surface area contributed by atoms with E-state index in [0.29, 0.717) is 34.9 Å². The van der Waals surface area contributed by atoms with Crippen LogP contribution in [0.2, 0.25) is 0 Å². The van der Waals surface area contributed by atoms with E-state index >= 15 is 0 Å². The summed E-state index contributed by atoms with van der Waals surface area (Å²) in [5.74, 6) is 0.433. The van der Waals surface area contributed by atoms with Crippen LogP contribution >= 0.6 is 12.4 Å². The van der Waals surface area contributed by atoms with Crippen molar-refractivity contribution in [2.75, 3.05) is 25.0 Å². The molecule has 0 bridgehead atoms. The molecule has 0 radical (unpaired) electrons. The molecule has 8 heteroatoms. The molecule has 0 aliphatic carbocycles. The van der Waals surface area contributed by atoms with Crippen LogP contribution in [0.15, 0.2) is 33.5 Å². The zero-order valence-electron chi connectivity index (χ0n) is 17.4. The number of hydrogen-bond acceptors (Lipinski definition) is 6. The molecule has 162 valence electrons. The van der Waals surface area contributed by atoms with Crippen LogP contribution in [0.25, 0.3) is 0 Å². The third kappa shape index (κ3) is 5.29. The molecule has 2 N–H and O–H groups in total. The van der Waals surface area contributed by atoms with E-state index in [-0.39, 0.29) is 29.7 Å². The Hall–Kier alpha value is -2.64. The highest BCUT2D eigenvalue weighted by Gasteiger charge is 2.23. The van der Waals surface area contributed by atoms with E-state index in [9.17, 15) is 14.4 Å². The van der Waals surface area contributed by atoms with Gasteiger partial charge in [-0.3, -0.25) is 9.59 Å². The number of Topliss-reactive ketones (excluding diaryl/α,β-unsaturated/α-hetero) is 1. The van der Waals surface area contributed by atoms with Crippen LogP contribution in [0.1, 0.15) is 64.6 Å². The second-order valence-corrected chi connectivity index (χ2v) is 7.19. The third-order valence-electron chi connectivity index (χ3n) is 5.03. The molecule has 2 aromatic rings. The number of piperidine rings is 1. The molecule has 30 heavy (non-hydrogen) atoms. The number of ether oxygens (including phenoxy) is 1. The minimum atomic E-state index is -0.663. The number of anilines is 1. The summed E-state index contributed by atoms with van der Waals surface area (Å²) in [4.78, 5) is 37.1. The Morgan fingerprint density at radius 1 is 1.30 bits per heavy atom. The lowest BCUT2D eigenvalue weighted by Gasteiger charge is -2.22. The summed E-state index contributed by atoms with van der Waals surface area (Å²) in [5, 5.41) is 5.99. The Bertz CT molecular complexity index is 980. The zero-order valence-corrected chi connectivity index (χ0v) is 18.2. The molecule has 1 fully saturated rings. The van der Waals surface area contributed by atoms with Crippen LogP contribution in [0.5, 0.6) is 5.75 Å². The van der Waals surface area contributed by atoms with Crippen molar-refractivity contribution in [1.82, 2.24) is 5.32 Å². The van der Waals surface area contributed by atoms with Gasteiger partial charge in [-0.25, -0.2) is 4.79 Å². The van der Waals surface area contributed by atoms with E-state index in [2.05, 4.69) is 10.6 Å². The van der Waals surface area contributed by atoms with Gasteiger partial charge in [-0.15, -0.1) is 12.4 Å². The van der Waals surface area contributed by atoms with Crippen molar-refractivity contribution >= 4 is 29.8 Å². The molecular weight excluding hydrogens is 408 g/mol. The van der Waals surface area contributed by atoms with Gasteiger partial charge in [-0.2, -0.15) is 0 Å². The van der Waals surface area contributed by atoms with Crippen molar-refractivity contribution in [2.24, 2.45) is 0 Å². The molecule has 1 saturated heterocycles. The first-order valence-corrected chi connectivity index (χ1v) is 9.85. The largest absolute Gasteiger partial charge is 0.492 e.